The second kappa shape index (κ2) is 32.1. The van der Waals surface area contributed by atoms with Crippen LogP contribution in [0.25, 0.3) is 0 Å². The van der Waals surface area contributed by atoms with Crippen molar-refractivity contribution in [2.24, 2.45) is 0 Å². The van der Waals surface area contributed by atoms with Crippen molar-refractivity contribution in [1.82, 2.24) is 4.90 Å². The third-order valence-corrected chi connectivity index (χ3v) is 9.41. The SMILES string of the molecule is CCCC/C=C\C/C=C\CCCCCCCC(=O)O[C@H]1CC[C@@H](N(C)C)C[C@H]1OC(=O)CCCCCCC/C=C\C/C=C\CCCCC. The summed E-state index contributed by atoms with van der Waals surface area (Å²) in [4.78, 5) is 27.7. The zero-order chi connectivity index (χ0) is 34.9. The Hall–Kier alpha value is -2.14. The number of nitrogens with zero attached hydrogens (tertiary/aromatic N) is 1. The monoisotopic (exact) mass is 670 g/mol. The van der Waals surface area contributed by atoms with Crippen molar-refractivity contribution >= 4 is 11.9 Å². The number of esters is 2. The Bertz CT molecular complexity index is 889. The molecule has 0 aliphatic heterocycles. The molecule has 0 spiro atoms. The van der Waals surface area contributed by atoms with Crippen LogP contribution >= 0.6 is 0 Å². The minimum Gasteiger partial charge on any atom is -0.458 e. The van der Waals surface area contributed by atoms with Crippen LogP contribution in [0.5, 0.6) is 0 Å². The highest BCUT2D eigenvalue weighted by atomic mass is 16.6. The number of carbonyl (C=O) groups excluding carboxylic acids is 2. The second-order valence-electron chi connectivity index (χ2n) is 14.1. The fourth-order valence-electron chi connectivity index (χ4n) is 6.24. The summed E-state index contributed by atoms with van der Waals surface area (Å²) in [5.74, 6) is -0.294. The molecule has 1 fully saturated rings. The molecule has 48 heavy (non-hydrogen) atoms. The van der Waals surface area contributed by atoms with E-state index < -0.39 is 0 Å². The molecule has 0 saturated heterocycles. The smallest absolute Gasteiger partial charge is 0.306 e. The summed E-state index contributed by atoms with van der Waals surface area (Å²) in [6.45, 7) is 4.47. The first kappa shape index (κ1) is 43.9. The van der Waals surface area contributed by atoms with E-state index >= 15 is 0 Å². The number of allylic oxidation sites excluding steroid dienone is 8. The summed E-state index contributed by atoms with van der Waals surface area (Å²) in [5, 5.41) is 0. The van der Waals surface area contributed by atoms with Gasteiger partial charge in [-0.15, -0.1) is 0 Å². The Morgan fingerprint density at radius 2 is 0.938 bits per heavy atom. The Kier molecular flexibility index (Phi) is 29.3. The topological polar surface area (TPSA) is 55.8 Å². The van der Waals surface area contributed by atoms with Crippen LogP contribution in [-0.2, 0) is 19.1 Å². The fourth-order valence-corrected chi connectivity index (χ4v) is 6.24. The number of hydrogen-bond donors (Lipinski definition) is 0. The molecule has 0 N–H and O–H groups in total. The van der Waals surface area contributed by atoms with Gasteiger partial charge in [0, 0.05) is 25.3 Å². The predicted octanol–water partition coefficient (Wildman–Crippen LogP) is 12.2. The van der Waals surface area contributed by atoms with E-state index in [0.717, 1.165) is 83.5 Å². The zero-order valence-corrected chi connectivity index (χ0v) is 31.8. The van der Waals surface area contributed by atoms with Gasteiger partial charge in [-0.2, -0.15) is 0 Å². The van der Waals surface area contributed by atoms with E-state index in [4.69, 9.17) is 9.47 Å². The lowest BCUT2D eigenvalue weighted by Crippen LogP contribution is -2.46. The van der Waals surface area contributed by atoms with Crippen molar-refractivity contribution < 1.29 is 19.1 Å². The van der Waals surface area contributed by atoms with Gasteiger partial charge >= 0.3 is 11.9 Å². The first-order chi connectivity index (χ1) is 23.5. The lowest BCUT2D eigenvalue weighted by Gasteiger charge is -2.37. The molecule has 0 amide bonds. The van der Waals surface area contributed by atoms with E-state index in [-0.39, 0.29) is 24.1 Å². The maximum Gasteiger partial charge on any atom is 0.306 e. The second-order valence-corrected chi connectivity index (χ2v) is 14.1. The summed E-state index contributed by atoms with van der Waals surface area (Å²) < 4.78 is 11.9. The molecule has 5 nitrogen and oxygen atoms in total. The van der Waals surface area contributed by atoms with Crippen molar-refractivity contribution in [2.75, 3.05) is 14.1 Å². The van der Waals surface area contributed by atoms with Gasteiger partial charge in [0.15, 0.2) is 0 Å². The van der Waals surface area contributed by atoms with Crippen LogP contribution in [0.15, 0.2) is 48.6 Å². The van der Waals surface area contributed by atoms with Crippen LogP contribution in [-0.4, -0.2) is 49.2 Å². The number of ether oxygens (including phenoxy) is 2. The van der Waals surface area contributed by atoms with Gasteiger partial charge in [0.1, 0.15) is 12.2 Å². The van der Waals surface area contributed by atoms with Crippen LogP contribution in [0.1, 0.15) is 181 Å². The molecule has 276 valence electrons. The fraction of sp³-hybridized carbons (Fsp3) is 0.767. The average Bonchev–Trinajstić information content (AvgIpc) is 3.07. The van der Waals surface area contributed by atoms with E-state index in [2.05, 4.69) is 81.5 Å². The molecular weight excluding hydrogens is 594 g/mol. The Labute approximate surface area is 297 Å². The molecule has 1 aliphatic carbocycles. The van der Waals surface area contributed by atoms with Crippen molar-refractivity contribution in [3.63, 3.8) is 0 Å². The number of carbonyl (C=O) groups is 2. The molecule has 0 unspecified atom stereocenters. The van der Waals surface area contributed by atoms with Crippen LogP contribution in [0.4, 0.5) is 0 Å². The summed E-state index contributed by atoms with van der Waals surface area (Å²) in [6, 6.07) is 0.339. The summed E-state index contributed by atoms with van der Waals surface area (Å²) in [6.07, 6.45) is 45.1. The van der Waals surface area contributed by atoms with Gasteiger partial charge in [-0.1, -0.05) is 127 Å². The van der Waals surface area contributed by atoms with Crippen molar-refractivity contribution in [1.29, 1.82) is 0 Å². The molecule has 0 aromatic heterocycles. The Balaban J connectivity index is 2.20. The highest BCUT2D eigenvalue weighted by molar-refractivity contribution is 5.70. The van der Waals surface area contributed by atoms with Crippen molar-refractivity contribution in [2.45, 2.75) is 199 Å². The minimum absolute atomic E-state index is 0.145. The molecule has 1 aliphatic rings. The van der Waals surface area contributed by atoms with E-state index in [0.29, 0.717) is 18.9 Å². The van der Waals surface area contributed by atoms with Gasteiger partial charge < -0.3 is 14.4 Å². The Morgan fingerprint density at radius 3 is 1.42 bits per heavy atom. The van der Waals surface area contributed by atoms with E-state index in [1.165, 1.54) is 70.6 Å². The predicted molar refractivity (Wildman–Crippen MR) is 205 cm³/mol. The number of unbranched alkanes of at least 4 members (excludes halogenated alkanes) is 15. The quantitative estimate of drug-likeness (QED) is 0.0433. The lowest BCUT2D eigenvalue weighted by atomic mass is 9.89. The van der Waals surface area contributed by atoms with Gasteiger partial charge in [-0.3, -0.25) is 9.59 Å². The average molecular weight is 670 g/mol. The summed E-state index contributed by atoms with van der Waals surface area (Å²) in [7, 11) is 4.14. The molecule has 5 heteroatoms. The third kappa shape index (κ3) is 25.8. The van der Waals surface area contributed by atoms with Gasteiger partial charge in [0.2, 0.25) is 0 Å². The third-order valence-electron chi connectivity index (χ3n) is 9.41. The van der Waals surface area contributed by atoms with Gasteiger partial charge in [0.05, 0.1) is 0 Å². The van der Waals surface area contributed by atoms with Crippen molar-refractivity contribution in [3.05, 3.63) is 48.6 Å². The van der Waals surface area contributed by atoms with E-state index in [1.807, 2.05) is 0 Å². The highest BCUT2D eigenvalue weighted by Gasteiger charge is 2.36. The first-order valence-electron chi connectivity index (χ1n) is 20.1. The maximum atomic E-state index is 12.8. The molecule has 3 atom stereocenters. The first-order valence-corrected chi connectivity index (χ1v) is 20.1. The maximum absolute atomic E-state index is 12.8. The van der Waals surface area contributed by atoms with Crippen molar-refractivity contribution in [3.8, 4) is 0 Å². The van der Waals surface area contributed by atoms with E-state index in [1.54, 1.807) is 0 Å². The number of rotatable bonds is 30. The Morgan fingerprint density at radius 1 is 0.521 bits per heavy atom. The molecule has 0 aromatic carbocycles. The summed E-state index contributed by atoms with van der Waals surface area (Å²) in [5.41, 5.74) is 0. The van der Waals surface area contributed by atoms with Gasteiger partial charge in [-0.25, -0.2) is 0 Å². The molecule has 1 saturated carbocycles. The molecule has 1 rings (SSSR count). The van der Waals surface area contributed by atoms with E-state index in [9.17, 15) is 9.59 Å². The molecule has 0 bridgehead atoms. The summed E-state index contributed by atoms with van der Waals surface area (Å²) >= 11 is 0. The highest BCUT2D eigenvalue weighted by Crippen LogP contribution is 2.28. The minimum atomic E-state index is -0.347. The van der Waals surface area contributed by atoms with Crippen LogP contribution in [0, 0.1) is 0 Å². The van der Waals surface area contributed by atoms with Crippen LogP contribution < -0.4 is 0 Å². The zero-order valence-electron chi connectivity index (χ0n) is 31.8. The molecular formula is C43H75NO4. The largest absolute Gasteiger partial charge is 0.458 e. The normalized spacial score (nSPS) is 18.6. The van der Waals surface area contributed by atoms with Gasteiger partial charge in [-0.05, 0) is 97.6 Å². The molecule has 0 radical (unpaired) electrons. The molecule has 0 heterocycles. The van der Waals surface area contributed by atoms with Gasteiger partial charge in [0.25, 0.3) is 0 Å². The standard InChI is InChI=1S/C43H75NO4/c1-5-7-9-11-13-15-17-19-21-23-25-27-29-31-33-35-43(46)48-41-38-39(44(3)4)36-37-40(41)47-42(45)34-32-30-28-26-24-22-20-18-16-14-12-10-8-6-2/h12-15,18-21,39-41H,5-11,16-17,22-38H2,1-4H3/b14-12-,15-13-,20-18-,21-19-/t39-,40+,41-/m1/s1. The lowest BCUT2D eigenvalue weighted by molar-refractivity contribution is -0.174. The molecule has 0 aromatic rings. The van der Waals surface area contributed by atoms with Crippen LogP contribution in [0.3, 0.4) is 0 Å². The van der Waals surface area contributed by atoms with Crippen LogP contribution in [0.2, 0.25) is 0 Å². The number of hydrogen-bond acceptors (Lipinski definition) is 5.